The number of piperazine rings is 1. The highest BCUT2D eigenvalue weighted by Gasteiger charge is 2.45. The Labute approximate surface area is 263 Å². The highest BCUT2D eigenvalue weighted by molar-refractivity contribution is 5.91. The van der Waals surface area contributed by atoms with Gasteiger partial charge in [0.1, 0.15) is 18.5 Å². The van der Waals surface area contributed by atoms with E-state index in [2.05, 4.69) is 64.5 Å². The van der Waals surface area contributed by atoms with Crippen molar-refractivity contribution in [3.05, 3.63) is 82.6 Å². The molecule has 234 valence electrons. The number of carbonyl (C=O) groups is 1. The predicted octanol–water partition coefficient (Wildman–Crippen LogP) is 5.18. The Balaban J connectivity index is 1.23. The van der Waals surface area contributed by atoms with Gasteiger partial charge in [0.25, 0.3) is 5.91 Å². The van der Waals surface area contributed by atoms with E-state index in [4.69, 9.17) is 26.0 Å². The Kier molecular flexibility index (Phi) is 7.92. The minimum Gasteiger partial charge on any atom is -0.461 e. The van der Waals surface area contributed by atoms with Crippen molar-refractivity contribution in [2.45, 2.75) is 63.3 Å². The van der Waals surface area contributed by atoms with E-state index in [0.717, 1.165) is 42.8 Å². The summed E-state index contributed by atoms with van der Waals surface area (Å²) in [6.45, 7) is 17.0. The summed E-state index contributed by atoms with van der Waals surface area (Å²) in [4.78, 5) is 32.1. The van der Waals surface area contributed by atoms with Crippen molar-refractivity contribution < 1.29 is 18.7 Å². The summed E-state index contributed by atoms with van der Waals surface area (Å²) in [6, 6.07) is 12.5. The summed E-state index contributed by atoms with van der Waals surface area (Å²) in [5.74, 6) is -1.06. The molecular formula is C35H39FN6O3. The molecule has 0 N–H and O–H groups in total. The summed E-state index contributed by atoms with van der Waals surface area (Å²) in [5, 5.41) is 2.39. The van der Waals surface area contributed by atoms with Crippen LogP contribution in [0.4, 0.5) is 10.2 Å². The van der Waals surface area contributed by atoms with Gasteiger partial charge in [-0.15, -0.1) is 0 Å². The molecule has 0 unspecified atom stereocenters. The van der Waals surface area contributed by atoms with Crippen LogP contribution < -0.4 is 9.64 Å². The average molecular weight is 611 g/mol. The molecule has 2 aromatic carbocycles. The fourth-order valence-corrected chi connectivity index (χ4v) is 7.98. The lowest BCUT2D eigenvalue weighted by atomic mass is 9.92. The predicted molar refractivity (Wildman–Crippen MR) is 170 cm³/mol. The van der Waals surface area contributed by atoms with Crippen LogP contribution in [-0.2, 0) is 22.6 Å². The monoisotopic (exact) mass is 610 g/mol. The fourth-order valence-electron chi connectivity index (χ4n) is 7.98. The Bertz CT molecular complexity index is 1670. The number of fused-ring (bicyclic) bond motifs is 3. The fraction of sp³-hybridized carbons (Fsp3) is 0.486. The maximum Gasteiger partial charge on any atom is 0.318 e. The first-order chi connectivity index (χ1) is 21.9. The largest absolute Gasteiger partial charge is 0.461 e. The van der Waals surface area contributed by atoms with E-state index in [-0.39, 0.29) is 24.7 Å². The van der Waals surface area contributed by atoms with Crippen LogP contribution in [0, 0.1) is 13.5 Å². The van der Waals surface area contributed by atoms with Crippen molar-refractivity contribution in [1.82, 2.24) is 19.8 Å². The van der Waals surface area contributed by atoms with E-state index < -0.39 is 17.8 Å². The van der Waals surface area contributed by atoms with Crippen LogP contribution in [-0.4, -0.2) is 83.1 Å². The second-order valence-corrected chi connectivity index (χ2v) is 12.8. The first-order valence-corrected chi connectivity index (χ1v) is 16.0. The van der Waals surface area contributed by atoms with Crippen molar-refractivity contribution in [2.24, 2.45) is 0 Å². The molecule has 1 amide bonds. The first-order valence-electron chi connectivity index (χ1n) is 16.0. The van der Waals surface area contributed by atoms with E-state index in [1.165, 1.54) is 34.1 Å². The zero-order valence-electron chi connectivity index (χ0n) is 25.8. The van der Waals surface area contributed by atoms with Gasteiger partial charge in [-0.2, -0.15) is 9.97 Å². The van der Waals surface area contributed by atoms with E-state index in [0.29, 0.717) is 44.6 Å². The van der Waals surface area contributed by atoms with Crippen LogP contribution in [0.2, 0.25) is 0 Å². The van der Waals surface area contributed by atoms with Crippen LogP contribution in [0.5, 0.6) is 6.01 Å². The average Bonchev–Trinajstić information content (AvgIpc) is 3.63. The third kappa shape index (κ3) is 5.42. The number of ether oxygens (including phenoxy) is 2. The van der Waals surface area contributed by atoms with Crippen LogP contribution in [0.15, 0.2) is 48.8 Å². The molecule has 5 heterocycles. The van der Waals surface area contributed by atoms with Gasteiger partial charge in [0.2, 0.25) is 6.54 Å². The number of carbonyl (C=O) groups excluding carboxylic acids is 1. The third-order valence-corrected chi connectivity index (χ3v) is 10.2. The zero-order chi connectivity index (χ0) is 31.1. The molecule has 0 saturated carbocycles. The van der Waals surface area contributed by atoms with Gasteiger partial charge < -0.3 is 24.1 Å². The topological polar surface area (TPSA) is 75.4 Å². The number of rotatable bonds is 7. The molecule has 10 heteroatoms. The Morgan fingerprint density at radius 2 is 1.93 bits per heavy atom. The van der Waals surface area contributed by atoms with Gasteiger partial charge >= 0.3 is 6.01 Å². The number of benzene rings is 2. The molecule has 7 rings (SSSR count). The zero-order valence-corrected chi connectivity index (χ0v) is 25.8. The number of aromatic nitrogens is 2. The SMILES string of the molecule is [C-]#[N+]C[C@H]1CN(c2nc(OCC34CCCN3CCC4)nc3c2CO[C@H](c2cccc4cccc(C)c24)C3)CCN1C(=O)C(=C)F. The smallest absolute Gasteiger partial charge is 0.318 e. The van der Waals surface area contributed by atoms with Gasteiger partial charge in [-0.05, 0) is 67.6 Å². The molecule has 0 radical (unpaired) electrons. The van der Waals surface area contributed by atoms with Gasteiger partial charge in [0.05, 0.1) is 23.9 Å². The molecule has 4 aliphatic rings. The Morgan fingerprint density at radius 1 is 1.16 bits per heavy atom. The molecule has 0 aliphatic carbocycles. The lowest BCUT2D eigenvalue weighted by molar-refractivity contribution is -0.131. The first kappa shape index (κ1) is 29.6. The molecule has 3 aromatic rings. The van der Waals surface area contributed by atoms with E-state index in [1.807, 2.05) is 0 Å². The quantitative estimate of drug-likeness (QED) is 0.270. The number of halogens is 1. The molecule has 4 aliphatic heterocycles. The molecule has 3 saturated heterocycles. The van der Waals surface area contributed by atoms with Crippen LogP contribution >= 0.6 is 0 Å². The third-order valence-electron chi connectivity index (χ3n) is 10.2. The lowest BCUT2D eigenvalue weighted by Crippen LogP contribution is -2.57. The number of aryl methyl sites for hydroxylation is 1. The summed E-state index contributed by atoms with van der Waals surface area (Å²) < 4.78 is 26.9. The number of nitrogens with zero attached hydrogens (tertiary/aromatic N) is 6. The van der Waals surface area contributed by atoms with Crippen LogP contribution in [0.25, 0.3) is 15.6 Å². The van der Waals surface area contributed by atoms with Crippen molar-refractivity contribution in [2.75, 3.05) is 50.8 Å². The highest BCUT2D eigenvalue weighted by Crippen LogP contribution is 2.41. The van der Waals surface area contributed by atoms with Crippen LogP contribution in [0.3, 0.4) is 0 Å². The maximum atomic E-state index is 13.9. The summed E-state index contributed by atoms with van der Waals surface area (Å²) in [5.41, 5.74) is 4.18. The minimum atomic E-state index is -1.01. The molecule has 3 fully saturated rings. The highest BCUT2D eigenvalue weighted by atomic mass is 19.1. The van der Waals surface area contributed by atoms with Gasteiger partial charge in [-0.25, -0.2) is 11.0 Å². The van der Waals surface area contributed by atoms with Crippen molar-refractivity contribution in [1.29, 1.82) is 0 Å². The minimum absolute atomic E-state index is 0.0486. The van der Waals surface area contributed by atoms with Gasteiger partial charge in [0, 0.05) is 31.6 Å². The standard InChI is InChI=1S/C35H39FN6O3/c1-23-8-4-9-25-10-5-11-27(31(23)25)30-18-29-28(21-44-30)32(40-16-17-42(33(43)24(2)36)26(20-40)19-37-3)39-34(38-29)45-22-35-12-6-14-41(35)15-7-13-35/h4-5,8-11,26,30H,2,6-7,12-22H2,1H3/t26-,30-/m0/s1. The van der Waals surface area contributed by atoms with Gasteiger partial charge in [-0.3, -0.25) is 9.69 Å². The number of hydrogen-bond donors (Lipinski definition) is 0. The Morgan fingerprint density at radius 3 is 2.69 bits per heavy atom. The van der Waals surface area contributed by atoms with E-state index >= 15 is 0 Å². The van der Waals surface area contributed by atoms with Gasteiger partial charge in [0.15, 0.2) is 5.83 Å². The van der Waals surface area contributed by atoms with E-state index in [1.54, 1.807) is 0 Å². The maximum absolute atomic E-state index is 13.9. The summed E-state index contributed by atoms with van der Waals surface area (Å²) >= 11 is 0. The van der Waals surface area contributed by atoms with Crippen molar-refractivity contribution >= 4 is 22.5 Å². The number of hydrogen-bond acceptors (Lipinski definition) is 7. The lowest BCUT2D eigenvalue weighted by Gasteiger charge is -2.40. The van der Waals surface area contributed by atoms with Crippen molar-refractivity contribution in [3.8, 4) is 6.01 Å². The molecule has 0 bridgehead atoms. The van der Waals surface area contributed by atoms with E-state index in [9.17, 15) is 9.18 Å². The molecule has 9 nitrogen and oxygen atoms in total. The molecular weight excluding hydrogens is 571 g/mol. The molecule has 2 atom stereocenters. The summed E-state index contributed by atoms with van der Waals surface area (Å²) in [7, 11) is 0. The van der Waals surface area contributed by atoms with Crippen molar-refractivity contribution in [3.63, 3.8) is 0 Å². The normalized spacial score (nSPS) is 22.6. The Hall–Kier alpha value is -4.07. The molecule has 1 aromatic heterocycles. The summed E-state index contributed by atoms with van der Waals surface area (Å²) in [6.07, 6.45) is 4.98. The van der Waals surface area contributed by atoms with Crippen LogP contribution in [0.1, 0.15) is 54.2 Å². The molecule has 45 heavy (non-hydrogen) atoms. The number of amides is 1. The molecule has 0 spiro atoms. The second kappa shape index (κ2) is 12.0. The number of anilines is 1. The van der Waals surface area contributed by atoms with Gasteiger partial charge in [-0.1, -0.05) is 43.0 Å². The second-order valence-electron chi connectivity index (χ2n) is 12.8.